The topological polar surface area (TPSA) is 111 Å². The average molecular weight is 492 g/mol. The van der Waals surface area contributed by atoms with Crippen LogP contribution in [0.5, 0.6) is 0 Å². The molecule has 35 heavy (non-hydrogen) atoms. The normalized spacial score (nSPS) is 33.4. The van der Waals surface area contributed by atoms with Crippen molar-refractivity contribution in [3.8, 4) is 0 Å². The van der Waals surface area contributed by atoms with E-state index in [1.165, 1.54) is 13.8 Å². The highest BCUT2D eigenvalue weighted by atomic mass is 16.6. The molecule has 3 rings (SSSR count). The molecule has 6 unspecified atom stereocenters. The Morgan fingerprint density at radius 1 is 1.29 bits per heavy atom. The molecule has 2 saturated carbocycles. The van der Waals surface area contributed by atoms with E-state index >= 15 is 0 Å². The summed E-state index contributed by atoms with van der Waals surface area (Å²) in [5.74, 6) is -0.739. The van der Waals surface area contributed by atoms with E-state index in [4.69, 9.17) is 14.2 Å². The van der Waals surface area contributed by atoms with Crippen LogP contribution in [0.3, 0.4) is 0 Å². The van der Waals surface area contributed by atoms with Crippen molar-refractivity contribution in [2.45, 2.75) is 78.4 Å². The van der Waals surface area contributed by atoms with Gasteiger partial charge in [0, 0.05) is 31.9 Å². The number of fused-ring (bicyclic) bond motifs is 1. The number of nitrogens with one attached hydrogen (secondary N) is 1. The van der Waals surface area contributed by atoms with Gasteiger partial charge in [0.2, 0.25) is 0 Å². The fraction of sp³-hybridized carbons (Fsp3) is 0.741. The third-order valence-electron chi connectivity index (χ3n) is 8.54. The van der Waals surface area contributed by atoms with Gasteiger partial charge in [0.05, 0.1) is 5.57 Å². The first-order chi connectivity index (χ1) is 16.5. The van der Waals surface area contributed by atoms with Gasteiger partial charge < -0.3 is 24.6 Å². The Labute approximate surface area is 208 Å². The van der Waals surface area contributed by atoms with Crippen LogP contribution in [0.1, 0.15) is 66.2 Å². The quantitative estimate of drug-likeness (QED) is 0.208. The Bertz CT molecular complexity index is 868. The smallest absolute Gasteiger partial charge is 0.335 e. The first-order valence-electron chi connectivity index (χ1n) is 12.7. The van der Waals surface area contributed by atoms with Gasteiger partial charge in [0.25, 0.3) is 0 Å². The molecule has 2 N–H and O–H groups in total. The van der Waals surface area contributed by atoms with Crippen molar-refractivity contribution in [3.63, 3.8) is 0 Å². The average Bonchev–Trinajstić information content (AvgIpc) is 3.21. The minimum atomic E-state index is -0.533. The first-order valence-corrected chi connectivity index (χ1v) is 12.7. The number of aliphatic hydroxyl groups excluding tert-OH is 1. The number of ether oxygens (including phenoxy) is 3. The maximum absolute atomic E-state index is 12.4. The second kappa shape index (κ2) is 11.2. The fourth-order valence-corrected chi connectivity index (χ4v) is 6.82. The number of carbonyl (C=O) groups excluding carboxylic acids is 3. The van der Waals surface area contributed by atoms with Crippen LogP contribution in [0.2, 0.25) is 0 Å². The van der Waals surface area contributed by atoms with E-state index in [1.54, 1.807) is 0 Å². The predicted molar refractivity (Wildman–Crippen MR) is 130 cm³/mol. The van der Waals surface area contributed by atoms with E-state index in [-0.39, 0.29) is 67.1 Å². The maximum atomic E-state index is 12.4. The molecule has 0 bridgehead atoms. The second-order valence-corrected chi connectivity index (χ2v) is 10.8. The van der Waals surface area contributed by atoms with E-state index in [0.717, 1.165) is 24.8 Å². The summed E-state index contributed by atoms with van der Waals surface area (Å²) in [6, 6.07) is -0.209. The molecule has 0 saturated heterocycles. The molecule has 0 amide bonds. The molecular weight excluding hydrogens is 450 g/mol. The number of hydrogen-bond acceptors (Lipinski definition) is 8. The van der Waals surface area contributed by atoms with Gasteiger partial charge >= 0.3 is 17.9 Å². The van der Waals surface area contributed by atoms with Crippen LogP contribution in [0.25, 0.3) is 0 Å². The van der Waals surface area contributed by atoms with Crippen LogP contribution < -0.4 is 5.32 Å². The van der Waals surface area contributed by atoms with Gasteiger partial charge in [0.1, 0.15) is 19.3 Å². The summed E-state index contributed by atoms with van der Waals surface area (Å²) in [5.41, 5.74) is 1.08. The Balaban J connectivity index is 1.92. The van der Waals surface area contributed by atoms with Crippen molar-refractivity contribution in [2.24, 2.45) is 22.7 Å². The summed E-state index contributed by atoms with van der Waals surface area (Å²) in [7, 11) is 0. The van der Waals surface area contributed by atoms with Crippen LogP contribution in [0, 0.1) is 22.7 Å². The number of esters is 3. The first kappa shape index (κ1) is 27.4. The van der Waals surface area contributed by atoms with E-state index in [1.807, 2.05) is 6.08 Å². The van der Waals surface area contributed by atoms with E-state index in [9.17, 15) is 19.5 Å². The lowest BCUT2D eigenvalue weighted by atomic mass is 9.46. The third kappa shape index (κ3) is 5.80. The van der Waals surface area contributed by atoms with Gasteiger partial charge in [0.15, 0.2) is 0 Å². The SMILES string of the molecule is C=C1CCC2C(C)(COC(C)=O)C(OC(C)=O)CCC2(C)C1CC(NCCCO)C1=CCOC1=O. The Kier molecular flexibility index (Phi) is 8.81. The van der Waals surface area contributed by atoms with Crippen LogP contribution in [-0.4, -0.2) is 61.5 Å². The molecule has 8 nitrogen and oxygen atoms in total. The summed E-state index contributed by atoms with van der Waals surface area (Å²) in [6.07, 6.45) is 5.97. The van der Waals surface area contributed by atoms with E-state index < -0.39 is 5.41 Å². The van der Waals surface area contributed by atoms with E-state index in [2.05, 4.69) is 25.7 Å². The third-order valence-corrected chi connectivity index (χ3v) is 8.54. The standard InChI is InChI=1S/C27H41NO7/c1-17-7-8-23-26(4,11-9-24(35-19(3)31)27(23,5)16-34-18(2)30)21(17)15-22(28-12-6-13-29)20-10-14-33-25(20)32/h10,21-24,28-29H,1,6-9,11-16H2,2-5H3. The highest BCUT2D eigenvalue weighted by Gasteiger charge is 2.59. The summed E-state index contributed by atoms with van der Waals surface area (Å²) >= 11 is 0. The molecule has 8 heteroatoms. The van der Waals surface area contributed by atoms with Gasteiger partial charge in [-0.05, 0) is 68.4 Å². The van der Waals surface area contributed by atoms with E-state index in [0.29, 0.717) is 31.4 Å². The second-order valence-electron chi connectivity index (χ2n) is 10.8. The van der Waals surface area contributed by atoms with Crippen molar-refractivity contribution in [3.05, 3.63) is 23.8 Å². The van der Waals surface area contributed by atoms with Crippen molar-refractivity contribution in [1.82, 2.24) is 5.32 Å². The molecule has 0 spiro atoms. The fourth-order valence-electron chi connectivity index (χ4n) is 6.82. The molecule has 2 aliphatic carbocycles. The predicted octanol–water partition coefficient (Wildman–Crippen LogP) is 3.08. The molecular formula is C27H41NO7. The number of aliphatic hydroxyl groups is 1. The maximum Gasteiger partial charge on any atom is 0.335 e. The number of hydrogen-bond donors (Lipinski definition) is 2. The minimum Gasteiger partial charge on any atom is -0.465 e. The van der Waals surface area contributed by atoms with Crippen LogP contribution in [-0.2, 0) is 28.6 Å². The van der Waals surface area contributed by atoms with Crippen molar-refractivity contribution < 1.29 is 33.7 Å². The largest absolute Gasteiger partial charge is 0.465 e. The van der Waals surface area contributed by atoms with Crippen LogP contribution >= 0.6 is 0 Å². The lowest BCUT2D eigenvalue weighted by Gasteiger charge is -2.60. The van der Waals surface area contributed by atoms with Gasteiger partial charge in [-0.3, -0.25) is 9.59 Å². The Morgan fingerprint density at radius 3 is 2.63 bits per heavy atom. The monoisotopic (exact) mass is 491 g/mol. The lowest BCUT2D eigenvalue weighted by Crippen LogP contribution is -2.59. The van der Waals surface area contributed by atoms with Gasteiger partial charge in [-0.15, -0.1) is 0 Å². The number of cyclic esters (lactones) is 1. The molecule has 3 aliphatic rings. The molecule has 196 valence electrons. The van der Waals surface area contributed by atoms with Crippen molar-refractivity contribution >= 4 is 17.9 Å². The Morgan fingerprint density at radius 2 is 2.03 bits per heavy atom. The lowest BCUT2D eigenvalue weighted by molar-refractivity contribution is -0.191. The zero-order valence-electron chi connectivity index (χ0n) is 21.6. The Hall–Kier alpha value is -2.19. The van der Waals surface area contributed by atoms with Gasteiger partial charge in [-0.25, -0.2) is 4.79 Å². The molecule has 1 aliphatic heterocycles. The van der Waals surface area contributed by atoms with Crippen LogP contribution in [0.4, 0.5) is 0 Å². The molecule has 6 atom stereocenters. The van der Waals surface area contributed by atoms with Crippen LogP contribution in [0.15, 0.2) is 23.8 Å². The summed E-state index contributed by atoms with van der Waals surface area (Å²) < 4.78 is 16.5. The van der Waals surface area contributed by atoms with Crippen molar-refractivity contribution in [2.75, 3.05) is 26.4 Å². The molecule has 1 heterocycles. The van der Waals surface area contributed by atoms with Crippen molar-refractivity contribution in [1.29, 1.82) is 0 Å². The van der Waals surface area contributed by atoms with Gasteiger partial charge in [-0.2, -0.15) is 0 Å². The zero-order valence-corrected chi connectivity index (χ0v) is 21.6. The molecule has 0 aromatic heterocycles. The summed E-state index contributed by atoms with van der Waals surface area (Å²) in [5, 5.41) is 12.7. The highest BCUT2D eigenvalue weighted by molar-refractivity contribution is 5.91. The number of allylic oxidation sites excluding steroid dienone is 1. The summed E-state index contributed by atoms with van der Waals surface area (Å²) in [4.78, 5) is 36.1. The number of carbonyl (C=O) groups is 3. The summed E-state index contributed by atoms with van der Waals surface area (Å²) in [6.45, 7) is 12.7. The minimum absolute atomic E-state index is 0.0746. The zero-order chi connectivity index (χ0) is 25.8. The highest BCUT2D eigenvalue weighted by Crippen LogP contribution is 2.62. The molecule has 0 aromatic rings. The van der Waals surface area contributed by atoms with Gasteiger partial charge in [-0.1, -0.05) is 26.0 Å². The molecule has 0 aromatic carbocycles. The molecule has 2 fully saturated rings. The molecule has 0 radical (unpaired) electrons. The number of rotatable bonds is 10.